The van der Waals surface area contributed by atoms with Gasteiger partial charge in [0.2, 0.25) is 0 Å². The molecule has 0 aromatic carbocycles. The molecule has 0 rings (SSSR count). The van der Waals surface area contributed by atoms with E-state index in [1.54, 1.807) is 0 Å². The molecular formula is C28H54O4. The molecule has 4 heteroatoms. The molecule has 0 saturated heterocycles. The molecule has 32 heavy (non-hydrogen) atoms. The number of carboxylic acids is 2. The van der Waals surface area contributed by atoms with E-state index in [0.29, 0.717) is 12.8 Å². The third kappa shape index (κ3) is 17.5. The Morgan fingerprint density at radius 3 is 1.16 bits per heavy atom. The predicted molar refractivity (Wildman–Crippen MR) is 135 cm³/mol. The maximum Gasteiger partial charge on any atom is 0.310 e. The van der Waals surface area contributed by atoms with Crippen LogP contribution in [0.2, 0.25) is 0 Å². The first kappa shape index (κ1) is 30.9. The average Bonchev–Trinajstić information content (AvgIpc) is 2.69. The third-order valence-electron chi connectivity index (χ3n) is 6.82. The second kappa shape index (κ2) is 19.4. The Labute approximate surface area is 199 Å². The van der Waals surface area contributed by atoms with Crippen LogP contribution in [0.5, 0.6) is 0 Å². The summed E-state index contributed by atoms with van der Waals surface area (Å²) in [6.07, 6.45) is 19.4. The Bertz CT molecular complexity index is 444. The summed E-state index contributed by atoms with van der Waals surface area (Å²) in [5, 5.41) is 19.3. The van der Waals surface area contributed by atoms with Crippen LogP contribution in [0.15, 0.2) is 0 Å². The van der Waals surface area contributed by atoms with E-state index in [9.17, 15) is 19.8 Å². The normalized spacial score (nSPS) is 12.1. The van der Waals surface area contributed by atoms with E-state index >= 15 is 0 Å². The van der Waals surface area contributed by atoms with Crippen molar-refractivity contribution in [2.24, 2.45) is 17.3 Å². The Kier molecular flexibility index (Phi) is 18.8. The Hall–Kier alpha value is -1.06. The number of carbonyl (C=O) groups is 2. The number of rotatable bonds is 23. The Morgan fingerprint density at radius 1 is 0.562 bits per heavy atom. The van der Waals surface area contributed by atoms with Crippen LogP contribution in [0, 0.1) is 17.3 Å². The molecule has 0 aromatic rings. The fourth-order valence-electron chi connectivity index (χ4n) is 4.68. The number of unbranched alkanes of at least 4 members (excludes halogenated alkanes) is 12. The lowest BCUT2D eigenvalue weighted by molar-refractivity contribution is -0.157. The fraction of sp³-hybridized carbons (Fsp3) is 0.929. The van der Waals surface area contributed by atoms with Gasteiger partial charge in [0.25, 0.3) is 0 Å². The number of hydrogen-bond acceptors (Lipinski definition) is 2. The zero-order valence-electron chi connectivity index (χ0n) is 21.8. The predicted octanol–water partition coefficient (Wildman–Crippen LogP) is 8.87. The summed E-state index contributed by atoms with van der Waals surface area (Å²) >= 11 is 0. The first-order valence-corrected chi connectivity index (χ1v) is 13.6. The molecule has 0 heterocycles. The van der Waals surface area contributed by atoms with Crippen molar-refractivity contribution < 1.29 is 19.8 Å². The summed E-state index contributed by atoms with van der Waals surface area (Å²) < 4.78 is 0. The van der Waals surface area contributed by atoms with Crippen molar-refractivity contribution in [3.63, 3.8) is 0 Å². The highest BCUT2D eigenvalue weighted by molar-refractivity contribution is 5.81. The first-order valence-electron chi connectivity index (χ1n) is 13.6. The molecular weight excluding hydrogens is 400 g/mol. The summed E-state index contributed by atoms with van der Waals surface area (Å²) in [5.74, 6) is -0.337. The van der Waals surface area contributed by atoms with Gasteiger partial charge < -0.3 is 10.2 Å². The van der Waals surface area contributed by atoms with Gasteiger partial charge in [-0.2, -0.15) is 0 Å². The summed E-state index contributed by atoms with van der Waals surface area (Å²) in [6.45, 7) is 9.06. The van der Waals surface area contributed by atoms with Crippen molar-refractivity contribution in [2.45, 2.75) is 150 Å². The lowest BCUT2D eigenvalue weighted by atomic mass is 9.75. The quantitative estimate of drug-likeness (QED) is 0.151. The van der Waals surface area contributed by atoms with Crippen LogP contribution in [-0.4, -0.2) is 22.2 Å². The standard InChI is InChI=1S/C28H54O4/c1-24(2)19-15-11-7-5-9-13-17-21-28(27(31)32,23-26(29)30)22-18-14-10-6-8-12-16-20-25(3)4/h24-25H,5-23H2,1-4H3,(H,29,30)(H,31,32). The van der Waals surface area contributed by atoms with E-state index in [1.165, 1.54) is 64.2 Å². The van der Waals surface area contributed by atoms with Gasteiger partial charge in [-0.05, 0) is 24.7 Å². The Balaban J connectivity index is 4.18. The molecule has 4 nitrogen and oxygen atoms in total. The molecule has 0 amide bonds. The number of hydrogen-bond donors (Lipinski definition) is 2. The zero-order valence-corrected chi connectivity index (χ0v) is 21.8. The van der Waals surface area contributed by atoms with Crippen LogP contribution in [0.3, 0.4) is 0 Å². The van der Waals surface area contributed by atoms with Gasteiger partial charge in [0.05, 0.1) is 11.8 Å². The number of carboxylic acid groups (broad SMARTS) is 2. The second-order valence-electron chi connectivity index (χ2n) is 11.0. The van der Waals surface area contributed by atoms with Gasteiger partial charge in [-0.3, -0.25) is 9.59 Å². The van der Waals surface area contributed by atoms with E-state index in [4.69, 9.17) is 0 Å². The zero-order chi connectivity index (χ0) is 24.2. The Morgan fingerprint density at radius 2 is 0.875 bits per heavy atom. The molecule has 190 valence electrons. The number of aliphatic carboxylic acids is 2. The van der Waals surface area contributed by atoms with Crippen LogP contribution >= 0.6 is 0 Å². The van der Waals surface area contributed by atoms with Crippen LogP contribution < -0.4 is 0 Å². The topological polar surface area (TPSA) is 74.6 Å². The highest BCUT2D eigenvalue weighted by Crippen LogP contribution is 2.36. The molecule has 0 radical (unpaired) electrons. The van der Waals surface area contributed by atoms with Gasteiger partial charge in [0.15, 0.2) is 0 Å². The summed E-state index contributed by atoms with van der Waals surface area (Å²) in [6, 6.07) is 0. The summed E-state index contributed by atoms with van der Waals surface area (Å²) in [7, 11) is 0. The SMILES string of the molecule is CC(C)CCCCCCCCCC(CCCCCCCCCC(C)C)(CC(=O)O)C(=O)O. The fourth-order valence-corrected chi connectivity index (χ4v) is 4.68. The van der Waals surface area contributed by atoms with Crippen molar-refractivity contribution in [2.75, 3.05) is 0 Å². The van der Waals surface area contributed by atoms with Crippen molar-refractivity contribution in [3.8, 4) is 0 Å². The van der Waals surface area contributed by atoms with Gasteiger partial charge >= 0.3 is 11.9 Å². The van der Waals surface area contributed by atoms with Crippen LogP contribution in [0.4, 0.5) is 0 Å². The average molecular weight is 455 g/mol. The molecule has 0 fully saturated rings. The largest absolute Gasteiger partial charge is 0.481 e. The van der Waals surface area contributed by atoms with Gasteiger partial charge in [-0.15, -0.1) is 0 Å². The molecule has 0 unspecified atom stereocenters. The molecule has 0 aliphatic rings. The van der Waals surface area contributed by atoms with Crippen LogP contribution in [0.25, 0.3) is 0 Å². The molecule has 0 saturated carbocycles. The van der Waals surface area contributed by atoms with E-state index < -0.39 is 17.4 Å². The highest BCUT2D eigenvalue weighted by atomic mass is 16.4. The minimum atomic E-state index is -1.08. The lowest BCUT2D eigenvalue weighted by Crippen LogP contribution is -2.33. The molecule has 2 N–H and O–H groups in total. The van der Waals surface area contributed by atoms with Gasteiger partial charge in [-0.1, -0.05) is 130 Å². The molecule has 0 bridgehead atoms. The summed E-state index contributed by atoms with van der Waals surface area (Å²) in [4.78, 5) is 23.5. The van der Waals surface area contributed by atoms with E-state index in [-0.39, 0.29) is 6.42 Å². The molecule has 0 aliphatic carbocycles. The third-order valence-corrected chi connectivity index (χ3v) is 6.82. The van der Waals surface area contributed by atoms with E-state index in [1.807, 2.05) is 0 Å². The summed E-state index contributed by atoms with van der Waals surface area (Å²) in [5.41, 5.74) is -1.08. The molecule has 0 spiro atoms. The van der Waals surface area contributed by atoms with Crippen molar-refractivity contribution in [1.29, 1.82) is 0 Å². The van der Waals surface area contributed by atoms with Crippen LogP contribution in [-0.2, 0) is 9.59 Å². The molecule has 0 aromatic heterocycles. The van der Waals surface area contributed by atoms with Crippen LogP contribution in [0.1, 0.15) is 150 Å². The van der Waals surface area contributed by atoms with E-state index in [0.717, 1.165) is 50.4 Å². The van der Waals surface area contributed by atoms with Crippen molar-refractivity contribution >= 4 is 11.9 Å². The lowest BCUT2D eigenvalue weighted by Gasteiger charge is -2.28. The minimum absolute atomic E-state index is 0.243. The van der Waals surface area contributed by atoms with Gasteiger partial charge in [-0.25, -0.2) is 0 Å². The van der Waals surface area contributed by atoms with Crippen molar-refractivity contribution in [1.82, 2.24) is 0 Å². The monoisotopic (exact) mass is 454 g/mol. The second-order valence-corrected chi connectivity index (χ2v) is 11.0. The highest BCUT2D eigenvalue weighted by Gasteiger charge is 2.39. The maximum absolute atomic E-state index is 12.1. The maximum atomic E-state index is 12.1. The molecule has 0 aliphatic heterocycles. The molecule has 0 atom stereocenters. The first-order chi connectivity index (χ1) is 15.2. The van der Waals surface area contributed by atoms with Gasteiger partial charge in [0, 0.05) is 0 Å². The smallest absolute Gasteiger partial charge is 0.310 e. The van der Waals surface area contributed by atoms with Crippen molar-refractivity contribution in [3.05, 3.63) is 0 Å². The van der Waals surface area contributed by atoms with E-state index in [2.05, 4.69) is 27.7 Å². The minimum Gasteiger partial charge on any atom is -0.481 e. The van der Waals surface area contributed by atoms with Gasteiger partial charge in [0.1, 0.15) is 0 Å².